The summed E-state index contributed by atoms with van der Waals surface area (Å²) < 4.78 is 15.0. The first kappa shape index (κ1) is 13.3. The molecule has 0 spiro atoms. The molecule has 0 amide bonds. The van der Waals surface area contributed by atoms with Gasteiger partial charge in [0.25, 0.3) is 0 Å². The molecule has 1 heterocycles. The van der Waals surface area contributed by atoms with Crippen LogP contribution in [0.4, 0.5) is 4.39 Å². The van der Waals surface area contributed by atoms with Crippen LogP contribution in [0.5, 0.6) is 0 Å². The number of aliphatic hydroxyl groups is 1. The van der Waals surface area contributed by atoms with Gasteiger partial charge in [0.05, 0.1) is 6.10 Å². The number of aryl methyl sites for hydroxylation is 1. The lowest BCUT2D eigenvalue weighted by Crippen LogP contribution is -2.04. The van der Waals surface area contributed by atoms with Crippen LogP contribution < -0.4 is 0 Å². The molecule has 0 aliphatic heterocycles. The summed E-state index contributed by atoms with van der Waals surface area (Å²) in [7, 11) is 0. The zero-order chi connectivity index (χ0) is 14.1. The van der Waals surface area contributed by atoms with Gasteiger partial charge in [-0.1, -0.05) is 35.9 Å². The highest BCUT2D eigenvalue weighted by Crippen LogP contribution is 2.30. The molecule has 1 N–H and O–H groups in total. The molecule has 1 unspecified atom stereocenters. The molecule has 3 aromatic rings. The maximum atomic E-state index is 13.8. The lowest BCUT2D eigenvalue weighted by molar-refractivity contribution is 0.174. The molecule has 0 fully saturated rings. The summed E-state index contributed by atoms with van der Waals surface area (Å²) in [5, 5.41) is 13.5. The van der Waals surface area contributed by atoms with E-state index < -0.39 is 6.10 Å². The average molecular weight is 286 g/mol. The minimum absolute atomic E-state index is 0.345. The van der Waals surface area contributed by atoms with Gasteiger partial charge in [0.2, 0.25) is 0 Å². The van der Waals surface area contributed by atoms with E-state index in [1.165, 1.54) is 10.8 Å². The van der Waals surface area contributed by atoms with E-state index >= 15 is 0 Å². The zero-order valence-corrected chi connectivity index (χ0v) is 12.0. The molecule has 102 valence electrons. The normalized spacial score (nSPS) is 12.8. The molecule has 0 aliphatic carbocycles. The van der Waals surface area contributed by atoms with E-state index in [1.54, 1.807) is 23.5 Å². The van der Waals surface area contributed by atoms with Gasteiger partial charge >= 0.3 is 0 Å². The van der Waals surface area contributed by atoms with Crippen LogP contribution in [0.1, 0.15) is 22.8 Å². The third-order valence-corrected chi connectivity index (χ3v) is 4.50. The Hall–Kier alpha value is -1.71. The minimum atomic E-state index is -0.812. The molecule has 1 nitrogen and oxygen atoms in total. The predicted molar refractivity (Wildman–Crippen MR) is 81.6 cm³/mol. The van der Waals surface area contributed by atoms with Gasteiger partial charge in [-0.25, -0.2) is 4.39 Å². The van der Waals surface area contributed by atoms with Crippen LogP contribution in [0.2, 0.25) is 0 Å². The third-order valence-electron chi connectivity index (χ3n) is 3.48. The number of aliphatic hydroxyl groups excluding tert-OH is 1. The highest BCUT2D eigenvalue weighted by atomic mass is 32.1. The molecule has 1 aromatic heterocycles. The molecule has 0 saturated carbocycles. The maximum Gasteiger partial charge on any atom is 0.129 e. The van der Waals surface area contributed by atoms with Crippen molar-refractivity contribution in [2.75, 3.05) is 0 Å². The first-order valence-electron chi connectivity index (χ1n) is 6.54. The Morgan fingerprint density at radius 3 is 2.85 bits per heavy atom. The van der Waals surface area contributed by atoms with Crippen molar-refractivity contribution in [3.05, 3.63) is 70.4 Å². The largest absolute Gasteiger partial charge is 0.388 e. The van der Waals surface area contributed by atoms with Crippen LogP contribution in [-0.4, -0.2) is 5.11 Å². The standard InChI is InChI=1S/C17H15FOS/c1-11-6-7-15(18)14(8-11)16(19)9-12-10-20-17-5-3-2-4-13(12)17/h2-8,10,16,19H,9H2,1H3. The lowest BCUT2D eigenvalue weighted by Gasteiger charge is -2.12. The monoisotopic (exact) mass is 286 g/mol. The minimum Gasteiger partial charge on any atom is -0.388 e. The van der Waals surface area contributed by atoms with Gasteiger partial charge < -0.3 is 5.11 Å². The second-order valence-electron chi connectivity index (χ2n) is 5.00. The summed E-state index contributed by atoms with van der Waals surface area (Å²) in [6.45, 7) is 1.90. The smallest absolute Gasteiger partial charge is 0.129 e. The van der Waals surface area contributed by atoms with Gasteiger partial charge in [0.1, 0.15) is 5.82 Å². The van der Waals surface area contributed by atoms with Crippen molar-refractivity contribution in [2.45, 2.75) is 19.4 Å². The number of hydrogen-bond acceptors (Lipinski definition) is 2. The molecule has 3 rings (SSSR count). The number of hydrogen-bond donors (Lipinski definition) is 1. The molecule has 1 atom stereocenters. The molecular weight excluding hydrogens is 271 g/mol. The van der Waals surface area contributed by atoms with Crippen molar-refractivity contribution < 1.29 is 9.50 Å². The van der Waals surface area contributed by atoms with Crippen molar-refractivity contribution in [3.63, 3.8) is 0 Å². The molecule has 0 radical (unpaired) electrons. The Morgan fingerprint density at radius 2 is 2.00 bits per heavy atom. The highest BCUT2D eigenvalue weighted by molar-refractivity contribution is 7.17. The van der Waals surface area contributed by atoms with Gasteiger partial charge in [-0.2, -0.15) is 0 Å². The van der Waals surface area contributed by atoms with Gasteiger partial charge in [-0.15, -0.1) is 11.3 Å². The van der Waals surface area contributed by atoms with Gasteiger partial charge in [-0.3, -0.25) is 0 Å². The number of halogens is 1. The summed E-state index contributed by atoms with van der Waals surface area (Å²) in [5.74, 6) is -0.345. The molecule has 0 bridgehead atoms. The Labute approximate surface area is 121 Å². The van der Waals surface area contributed by atoms with Crippen LogP contribution in [0, 0.1) is 12.7 Å². The fourth-order valence-corrected chi connectivity index (χ4v) is 3.40. The second-order valence-corrected chi connectivity index (χ2v) is 5.91. The molecule has 2 aromatic carbocycles. The summed E-state index contributed by atoms with van der Waals surface area (Å²) in [5.41, 5.74) is 2.40. The van der Waals surface area contributed by atoms with E-state index in [9.17, 15) is 9.50 Å². The topological polar surface area (TPSA) is 20.2 Å². The molecular formula is C17H15FOS. The van der Waals surface area contributed by atoms with E-state index in [1.807, 2.05) is 30.5 Å². The Kier molecular flexibility index (Phi) is 3.55. The SMILES string of the molecule is Cc1ccc(F)c(C(O)Cc2csc3ccccc23)c1. The number of fused-ring (bicyclic) bond motifs is 1. The predicted octanol–water partition coefficient (Wildman–Crippen LogP) is 4.62. The van der Waals surface area contributed by atoms with E-state index in [2.05, 4.69) is 6.07 Å². The van der Waals surface area contributed by atoms with E-state index in [4.69, 9.17) is 0 Å². The lowest BCUT2D eigenvalue weighted by atomic mass is 9.99. The van der Waals surface area contributed by atoms with Crippen LogP contribution in [-0.2, 0) is 6.42 Å². The van der Waals surface area contributed by atoms with Gasteiger partial charge in [-0.05, 0) is 35.4 Å². The number of thiophene rings is 1. The van der Waals surface area contributed by atoms with E-state index in [0.29, 0.717) is 12.0 Å². The van der Waals surface area contributed by atoms with Crippen molar-refractivity contribution in [1.82, 2.24) is 0 Å². The van der Waals surface area contributed by atoms with Crippen LogP contribution >= 0.6 is 11.3 Å². The fourth-order valence-electron chi connectivity index (χ4n) is 2.43. The van der Waals surface area contributed by atoms with Crippen LogP contribution in [0.15, 0.2) is 47.8 Å². The Balaban J connectivity index is 1.92. The summed E-state index contributed by atoms with van der Waals surface area (Å²) in [6.07, 6.45) is -0.377. The van der Waals surface area contributed by atoms with Crippen molar-refractivity contribution in [2.24, 2.45) is 0 Å². The molecule has 20 heavy (non-hydrogen) atoms. The summed E-state index contributed by atoms with van der Waals surface area (Å²) >= 11 is 1.65. The quantitative estimate of drug-likeness (QED) is 0.744. The maximum absolute atomic E-state index is 13.8. The van der Waals surface area contributed by atoms with Crippen molar-refractivity contribution in [1.29, 1.82) is 0 Å². The van der Waals surface area contributed by atoms with E-state index in [0.717, 1.165) is 16.5 Å². The highest BCUT2D eigenvalue weighted by Gasteiger charge is 2.15. The molecule has 0 aliphatic rings. The first-order valence-corrected chi connectivity index (χ1v) is 7.42. The average Bonchev–Trinajstić information content (AvgIpc) is 2.85. The van der Waals surface area contributed by atoms with E-state index in [-0.39, 0.29) is 5.82 Å². The first-order chi connectivity index (χ1) is 9.65. The summed E-state index contributed by atoms with van der Waals surface area (Å²) in [4.78, 5) is 0. The Bertz CT molecular complexity index is 748. The number of rotatable bonds is 3. The van der Waals surface area contributed by atoms with Crippen molar-refractivity contribution >= 4 is 21.4 Å². The molecule has 3 heteroatoms. The summed E-state index contributed by atoms with van der Waals surface area (Å²) in [6, 6.07) is 12.9. The zero-order valence-electron chi connectivity index (χ0n) is 11.1. The fraction of sp³-hybridized carbons (Fsp3) is 0.176. The third kappa shape index (κ3) is 2.47. The Morgan fingerprint density at radius 1 is 1.20 bits per heavy atom. The molecule has 0 saturated heterocycles. The van der Waals surface area contributed by atoms with Crippen LogP contribution in [0.25, 0.3) is 10.1 Å². The van der Waals surface area contributed by atoms with Gasteiger partial charge in [0.15, 0.2) is 0 Å². The second kappa shape index (κ2) is 5.35. The number of benzene rings is 2. The van der Waals surface area contributed by atoms with Gasteiger partial charge in [0, 0.05) is 16.7 Å². The van der Waals surface area contributed by atoms with Crippen molar-refractivity contribution in [3.8, 4) is 0 Å². The van der Waals surface area contributed by atoms with Crippen LogP contribution in [0.3, 0.4) is 0 Å².